The molecule has 74 valence electrons. The Bertz CT molecular complexity index is 105. The van der Waals surface area contributed by atoms with Gasteiger partial charge in [0.25, 0.3) is 0 Å². The van der Waals surface area contributed by atoms with Crippen molar-refractivity contribution < 1.29 is 10.2 Å². The predicted octanol–water partition coefficient (Wildman–Crippen LogP) is 1.95. The van der Waals surface area contributed by atoms with Crippen molar-refractivity contribution in [3.8, 4) is 0 Å². The first-order valence-electron chi connectivity index (χ1n) is 4.77. The molecule has 0 spiro atoms. The predicted molar refractivity (Wildman–Crippen MR) is 51.0 cm³/mol. The fraction of sp³-hybridized carbons (Fsp3) is 1.00. The van der Waals surface area contributed by atoms with Gasteiger partial charge in [0, 0.05) is 6.61 Å². The van der Waals surface area contributed by atoms with E-state index in [1.807, 2.05) is 20.8 Å². The number of aliphatic hydroxyl groups excluding tert-OH is 2. The molecule has 0 bridgehead atoms. The highest BCUT2D eigenvalue weighted by Crippen LogP contribution is 2.23. The molecule has 2 nitrogen and oxygen atoms in total. The summed E-state index contributed by atoms with van der Waals surface area (Å²) in [7, 11) is 0. The van der Waals surface area contributed by atoms with Gasteiger partial charge < -0.3 is 10.2 Å². The van der Waals surface area contributed by atoms with Crippen LogP contribution in [-0.2, 0) is 0 Å². The molecule has 12 heavy (non-hydrogen) atoms. The van der Waals surface area contributed by atoms with E-state index in [-0.39, 0.29) is 18.1 Å². The summed E-state index contributed by atoms with van der Waals surface area (Å²) in [5.74, 6) is 0. The maximum Gasteiger partial charge on any atom is 0.0588 e. The highest BCUT2D eigenvalue weighted by molar-refractivity contribution is 4.72. The van der Waals surface area contributed by atoms with E-state index in [1.54, 1.807) is 0 Å². The van der Waals surface area contributed by atoms with Crippen molar-refractivity contribution >= 4 is 0 Å². The second kappa shape index (κ2) is 5.55. The number of hydrogen-bond donors (Lipinski definition) is 2. The van der Waals surface area contributed by atoms with E-state index in [1.165, 1.54) is 0 Å². The average Bonchev–Trinajstić information content (AvgIpc) is 1.96. The lowest BCUT2D eigenvalue weighted by Crippen LogP contribution is -2.25. The Balaban J connectivity index is 3.38. The van der Waals surface area contributed by atoms with Gasteiger partial charge in [-0.3, -0.25) is 0 Å². The molecular weight excluding hydrogens is 152 g/mol. The van der Waals surface area contributed by atoms with Crippen LogP contribution in [0.15, 0.2) is 0 Å². The largest absolute Gasteiger partial charge is 0.396 e. The molecule has 0 aliphatic rings. The van der Waals surface area contributed by atoms with Crippen molar-refractivity contribution in [2.24, 2.45) is 5.41 Å². The van der Waals surface area contributed by atoms with Crippen molar-refractivity contribution in [2.45, 2.75) is 52.6 Å². The SMILES string of the molecule is CC(C)(C)C(O)CCCCCO. The van der Waals surface area contributed by atoms with Gasteiger partial charge in [-0.2, -0.15) is 0 Å². The van der Waals surface area contributed by atoms with Crippen LogP contribution in [0.4, 0.5) is 0 Å². The van der Waals surface area contributed by atoms with Crippen LogP contribution in [-0.4, -0.2) is 22.9 Å². The molecule has 0 heterocycles. The molecule has 0 fully saturated rings. The molecule has 0 rings (SSSR count). The van der Waals surface area contributed by atoms with Crippen molar-refractivity contribution in [1.29, 1.82) is 0 Å². The highest BCUT2D eigenvalue weighted by Gasteiger charge is 2.20. The Hall–Kier alpha value is -0.0800. The molecule has 1 unspecified atom stereocenters. The van der Waals surface area contributed by atoms with Gasteiger partial charge in [0.2, 0.25) is 0 Å². The van der Waals surface area contributed by atoms with E-state index in [0.29, 0.717) is 0 Å². The Morgan fingerprint density at radius 2 is 1.67 bits per heavy atom. The minimum absolute atomic E-state index is 0.000779. The van der Waals surface area contributed by atoms with E-state index in [0.717, 1.165) is 25.7 Å². The summed E-state index contributed by atoms with van der Waals surface area (Å²) in [6.07, 6.45) is 3.53. The molecule has 0 aromatic heterocycles. The van der Waals surface area contributed by atoms with Crippen LogP contribution >= 0.6 is 0 Å². The normalized spacial score (nSPS) is 14.8. The fourth-order valence-electron chi connectivity index (χ4n) is 1.06. The van der Waals surface area contributed by atoms with Gasteiger partial charge >= 0.3 is 0 Å². The molecule has 0 saturated carbocycles. The first-order chi connectivity index (χ1) is 5.48. The third kappa shape index (κ3) is 5.56. The van der Waals surface area contributed by atoms with Crippen molar-refractivity contribution in [1.82, 2.24) is 0 Å². The number of aliphatic hydroxyl groups is 2. The summed E-state index contributed by atoms with van der Waals surface area (Å²) in [6.45, 7) is 6.41. The molecule has 0 aliphatic carbocycles. The highest BCUT2D eigenvalue weighted by atomic mass is 16.3. The maximum absolute atomic E-state index is 9.62. The van der Waals surface area contributed by atoms with Crippen LogP contribution in [0, 0.1) is 5.41 Å². The van der Waals surface area contributed by atoms with Gasteiger partial charge in [-0.05, 0) is 18.3 Å². The molecule has 0 radical (unpaired) electrons. The van der Waals surface area contributed by atoms with Gasteiger partial charge in [0.15, 0.2) is 0 Å². The maximum atomic E-state index is 9.62. The van der Waals surface area contributed by atoms with E-state index in [2.05, 4.69) is 0 Å². The number of rotatable bonds is 5. The molecule has 0 aliphatic heterocycles. The first kappa shape index (κ1) is 11.9. The quantitative estimate of drug-likeness (QED) is 0.625. The second-order valence-corrected chi connectivity index (χ2v) is 4.45. The van der Waals surface area contributed by atoms with E-state index in [9.17, 15) is 5.11 Å². The topological polar surface area (TPSA) is 40.5 Å². The van der Waals surface area contributed by atoms with Crippen LogP contribution in [0.25, 0.3) is 0 Å². The molecule has 1 atom stereocenters. The van der Waals surface area contributed by atoms with Gasteiger partial charge in [-0.15, -0.1) is 0 Å². The molecule has 2 heteroatoms. The number of hydrogen-bond acceptors (Lipinski definition) is 2. The molecule has 0 aromatic rings. The lowest BCUT2D eigenvalue weighted by atomic mass is 9.86. The van der Waals surface area contributed by atoms with Crippen LogP contribution in [0.2, 0.25) is 0 Å². The Morgan fingerprint density at radius 3 is 2.08 bits per heavy atom. The molecular formula is C10H22O2. The summed E-state index contributed by atoms with van der Waals surface area (Å²) in [5.41, 5.74) is -0.000779. The average molecular weight is 174 g/mol. The van der Waals surface area contributed by atoms with E-state index >= 15 is 0 Å². The number of unbranched alkanes of at least 4 members (excludes halogenated alkanes) is 2. The van der Waals surface area contributed by atoms with Gasteiger partial charge in [0.05, 0.1) is 6.10 Å². The first-order valence-corrected chi connectivity index (χ1v) is 4.77. The fourth-order valence-corrected chi connectivity index (χ4v) is 1.06. The summed E-state index contributed by atoms with van der Waals surface area (Å²) >= 11 is 0. The zero-order valence-corrected chi connectivity index (χ0v) is 8.51. The Labute approximate surface area is 75.6 Å². The van der Waals surface area contributed by atoms with Crippen LogP contribution in [0.1, 0.15) is 46.5 Å². The Morgan fingerprint density at radius 1 is 1.08 bits per heavy atom. The summed E-state index contributed by atoms with van der Waals surface area (Å²) < 4.78 is 0. The standard InChI is InChI=1S/C10H22O2/c1-10(2,3)9(12)7-5-4-6-8-11/h9,11-12H,4-8H2,1-3H3. The lowest BCUT2D eigenvalue weighted by molar-refractivity contribution is 0.0530. The van der Waals surface area contributed by atoms with Gasteiger partial charge in [0.1, 0.15) is 0 Å². The molecule has 0 saturated heterocycles. The van der Waals surface area contributed by atoms with Gasteiger partial charge in [-0.25, -0.2) is 0 Å². The zero-order valence-electron chi connectivity index (χ0n) is 8.51. The monoisotopic (exact) mass is 174 g/mol. The third-order valence-electron chi connectivity index (χ3n) is 2.14. The van der Waals surface area contributed by atoms with Crippen molar-refractivity contribution in [3.05, 3.63) is 0 Å². The summed E-state index contributed by atoms with van der Waals surface area (Å²) in [6, 6.07) is 0. The van der Waals surface area contributed by atoms with E-state index < -0.39 is 0 Å². The van der Waals surface area contributed by atoms with Crippen LogP contribution in [0.3, 0.4) is 0 Å². The third-order valence-corrected chi connectivity index (χ3v) is 2.14. The summed E-state index contributed by atoms with van der Waals surface area (Å²) in [4.78, 5) is 0. The minimum atomic E-state index is -0.212. The minimum Gasteiger partial charge on any atom is -0.396 e. The molecule has 0 aromatic carbocycles. The zero-order chi connectivity index (χ0) is 9.61. The smallest absolute Gasteiger partial charge is 0.0588 e. The van der Waals surface area contributed by atoms with Crippen molar-refractivity contribution in [2.75, 3.05) is 6.61 Å². The van der Waals surface area contributed by atoms with E-state index in [4.69, 9.17) is 5.11 Å². The Kier molecular flexibility index (Phi) is 5.51. The van der Waals surface area contributed by atoms with Crippen molar-refractivity contribution in [3.63, 3.8) is 0 Å². The van der Waals surface area contributed by atoms with Gasteiger partial charge in [-0.1, -0.05) is 33.6 Å². The van der Waals surface area contributed by atoms with Crippen LogP contribution < -0.4 is 0 Å². The lowest BCUT2D eigenvalue weighted by Gasteiger charge is -2.25. The van der Waals surface area contributed by atoms with Crippen LogP contribution in [0.5, 0.6) is 0 Å². The second-order valence-electron chi connectivity index (χ2n) is 4.45. The summed E-state index contributed by atoms with van der Waals surface area (Å²) in [5, 5.41) is 18.2. The molecule has 2 N–H and O–H groups in total. The molecule has 0 amide bonds.